The second-order valence-corrected chi connectivity index (χ2v) is 6.11. The SMILES string of the molecule is Cn1cc(N2CCC[C@@H](Nc3cncc(Br)c3)C2)cn1. The minimum atomic E-state index is 0.444. The van der Waals surface area contributed by atoms with E-state index in [0.717, 1.165) is 23.2 Å². The first-order valence-corrected chi connectivity index (χ1v) is 7.61. The number of hydrogen-bond acceptors (Lipinski definition) is 4. The fraction of sp³-hybridized carbons (Fsp3) is 0.429. The lowest BCUT2D eigenvalue weighted by Crippen LogP contribution is -2.42. The van der Waals surface area contributed by atoms with Crippen molar-refractivity contribution in [2.75, 3.05) is 23.3 Å². The van der Waals surface area contributed by atoms with E-state index in [2.05, 4.69) is 48.5 Å². The third-order valence-electron chi connectivity index (χ3n) is 3.55. The van der Waals surface area contributed by atoms with Gasteiger partial charge in [0.15, 0.2) is 0 Å². The number of pyridine rings is 1. The molecule has 1 N–H and O–H groups in total. The Balaban J connectivity index is 1.66. The highest BCUT2D eigenvalue weighted by molar-refractivity contribution is 9.10. The van der Waals surface area contributed by atoms with E-state index < -0.39 is 0 Å². The monoisotopic (exact) mass is 335 g/mol. The van der Waals surface area contributed by atoms with Gasteiger partial charge in [-0.25, -0.2) is 0 Å². The summed E-state index contributed by atoms with van der Waals surface area (Å²) in [5, 5.41) is 7.82. The maximum absolute atomic E-state index is 4.25. The van der Waals surface area contributed by atoms with Crippen LogP contribution in [-0.4, -0.2) is 33.9 Å². The Bertz CT molecular complexity index is 582. The number of aryl methyl sites for hydroxylation is 1. The predicted octanol–water partition coefficient (Wildman–Crippen LogP) is 2.66. The van der Waals surface area contributed by atoms with E-state index in [1.54, 1.807) is 6.20 Å². The quantitative estimate of drug-likeness (QED) is 0.936. The second kappa shape index (κ2) is 5.83. The largest absolute Gasteiger partial charge is 0.379 e. The van der Waals surface area contributed by atoms with Gasteiger partial charge in [-0.15, -0.1) is 0 Å². The Labute approximate surface area is 127 Å². The van der Waals surface area contributed by atoms with Gasteiger partial charge in [-0.3, -0.25) is 9.67 Å². The molecule has 1 fully saturated rings. The summed E-state index contributed by atoms with van der Waals surface area (Å²) in [5.74, 6) is 0. The van der Waals surface area contributed by atoms with Gasteiger partial charge in [0.1, 0.15) is 0 Å². The van der Waals surface area contributed by atoms with Gasteiger partial charge in [0, 0.05) is 43.0 Å². The van der Waals surface area contributed by atoms with Crippen LogP contribution in [0.5, 0.6) is 0 Å². The zero-order chi connectivity index (χ0) is 13.9. The van der Waals surface area contributed by atoms with Crippen molar-refractivity contribution in [1.82, 2.24) is 14.8 Å². The van der Waals surface area contributed by atoms with Crippen LogP contribution in [0.25, 0.3) is 0 Å². The highest BCUT2D eigenvalue weighted by Crippen LogP contribution is 2.22. The third kappa shape index (κ3) is 3.12. The van der Waals surface area contributed by atoms with Gasteiger partial charge in [-0.1, -0.05) is 0 Å². The average molecular weight is 336 g/mol. The van der Waals surface area contributed by atoms with Crippen LogP contribution in [0.4, 0.5) is 11.4 Å². The van der Waals surface area contributed by atoms with Crippen LogP contribution in [0.3, 0.4) is 0 Å². The van der Waals surface area contributed by atoms with Crippen molar-refractivity contribution < 1.29 is 0 Å². The van der Waals surface area contributed by atoms with Gasteiger partial charge in [0.2, 0.25) is 0 Å². The Morgan fingerprint density at radius 3 is 3.00 bits per heavy atom. The molecular weight excluding hydrogens is 318 g/mol. The molecule has 0 spiro atoms. The molecule has 5 nitrogen and oxygen atoms in total. The molecule has 2 aromatic rings. The molecule has 0 amide bonds. The molecule has 3 rings (SSSR count). The highest BCUT2D eigenvalue weighted by Gasteiger charge is 2.20. The fourth-order valence-electron chi connectivity index (χ4n) is 2.63. The van der Waals surface area contributed by atoms with Gasteiger partial charge in [-0.05, 0) is 34.8 Å². The Morgan fingerprint density at radius 2 is 2.25 bits per heavy atom. The van der Waals surface area contributed by atoms with Gasteiger partial charge in [0.25, 0.3) is 0 Å². The molecule has 1 aliphatic rings. The summed E-state index contributed by atoms with van der Waals surface area (Å²) in [7, 11) is 1.95. The summed E-state index contributed by atoms with van der Waals surface area (Å²) in [6.07, 6.45) is 10.0. The van der Waals surface area contributed by atoms with Crippen LogP contribution in [-0.2, 0) is 7.05 Å². The Morgan fingerprint density at radius 1 is 1.35 bits per heavy atom. The van der Waals surface area contributed by atoms with Crippen LogP contribution >= 0.6 is 15.9 Å². The number of nitrogens with one attached hydrogen (secondary N) is 1. The standard InChI is InChI=1S/C14H18BrN5/c1-19-10-14(8-17-19)20-4-2-3-12(9-20)18-13-5-11(15)6-16-7-13/h5-8,10,12,18H,2-4,9H2,1H3/t12-/m1/s1. The normalized spacial score (nSPS) is 19.1. The van der Waals surface area contributed by atoms with Crippen LogP contribution in [0.15, 0.2) is 35.3 Å². The molecule has 1 atom stereocenters. The molecule has 106 valence electrons. The van der Waals surface area contributed by atoms with Crippen molar-refractivity contribution in [2.45, 2.75) is 18.9 Å². The summed E-state index contributed by atoms with van der Waals surface area (Å²) >= 11 is 3.45. The number of anilines is 2. The number of halogens is 1. The van der Waals surface area contributed by atoms with Crippen molar-refractivity contribution in [3.8, 4) is 0 Å². The van der Waals surface area contributed by atoms with E-state index >= 15 is 0 Å². The first-order chi connectivity index (χ1) is 9.70. The van der Waals surface area contributed by atoms with Crippen LogP contribution < -0.4 is 10.2 Å². The summed E-state index contributed by atoms with van der Waals surface area (Å²) in [5.41, 5.74) is 2.27. The van der Waals surface area contributed by atoms with Crippen molar-refractivity contribution in [1.29, 1.82) is 0 Å². The molecule has 1 saturated heterocycles. The van der Waals surface area contributed by atoms with E-state index in [4.69, 9.17) is 0 Å². The molecular formula is C14H18BrN5. The maximum Gasteiger partial charge on any atom is 0.0753 e. The molecule has 0 radical (unpaired) electrons. The molecule has 20 heavy (non-hydrogen) atoms. The number of piperidine rings is 1. The van der Waals surface area contributed by atoms with Crippen molar-refractivity contribution in [3.05, 3.63) is 35.3 Å². The van der Waals surface area contributed by atoms with Crippen LogP contribution in [0.1, 0.15) is 12.8 Å². The van der Waals surface area contributed by atoms with E-state index in [9.17, 15) is 0 Å². The molecule has 3 heterocycles. The van der Waals surface area contributed by atoms with Crippen molar-refractivity contribution >= 4 is 27.3 Å². The lowest BCUT2D eigenvalue weighted by Gasteiger charge is -2.34. The van der Waals surface area contributed by atoms with Crippen molar-refractivity contribution in [2.24, 2.45) is 7.05 Å². The molecule has 2 aromatic heterocycles. The van der Waals surface area contributed by atoms with E-state index in [0.29, 0.717) is 6.04 Å². The topological polar surface area (TPSA) is 46.0 Å². The van der Waals surface area contributed by atoms with Gasteiger partial charge in [0.05, 0.1) is 23.8 Å². The molecule has 1 aliphatic heterocycles. The zero-order valence-corrected chi connectivity index (χ0v) is 13.0. The molecule has 0 unspecified atom stereocenters. The maximum atomic E-state index is 4.25. The number of aromatic nitrogens is 3. The summed E-state index contributed by atoms with van der Waals surface area (Å²) in [4.78, 5) is 6.58. The minimum Gasteiger partial charge on any atom is -0.379 e. The van der Waals surface area contributed by atoms with Crippen LogP contribution in [0, 0.1) is 0 Å². The van der Waals surface area contributed by atoms with Crippen molar-refractivity contribution in [3.63, 3.8) is 0 Å². The zero-order valence-electron chi connectivity index (χ0n) is 11.5. The van der Waals surface area contributed by atoms with Gasteiger partial charge >= 0.3 is 0 Å². The molecule has 0 aliphatic carbocycles. The van der Waals surface area contributed by atoms with Crippen LogP contribution in [0.2, 0.25) is 0 Å². The second-order valence-electron chi connectivity index (χ2n) is 5.19. The first kappa shape index (κ1) is 13.4. The summed E-state index contributed by atoms with van der Waals surface area (Å²) < 4.78 is 2.85. The van der Waals surface area contributed by atoms with Gasteiger partial charge in [-0.2, -0.15) is 5.10 Å². The number of nitrogens with zero attached hydrogens (tertiary/aromatic N) is 4. The lowest BCUT2D eigenvalue weighted by molar-refractivity contribution is 0.530. The number of rotatable bonds is 3. The van der Waals surface area contributed by atoms with E-state index in [1.165, 1.54) is 18.5 Å². The lowest BCUT2D eigenvalue weighted by atomic mass is 10.1. The number of hydrogen-bond donors (Lipinski definition) is 1. The third-order valence-corrected chi connectivity index (χ3v) is 3.99. The van der Waals surface area contributed by atoms with E-state index in [1.807, 2.05) is 24.1 Å². The predicted molar refractivity (Wildman–Crippen MR) is 84.0 cm³/mol. The molecule has 6 heteroatoms. The highest BCUT2D eigenvalue weighted by atomic mass is 79.9. The Kier molecular flexibility index (Phi) is 3.91. The fourth-order valence-corrected chi connectivity index (χ4v) is 2.99. The first-order valence-electron chi connectivity index (χ1n) is 6.81. The van der Waals surface area contributed by atoms with Gasteiger partial charge < -0.3 is 10.2 Å². The summed E-state index contributed by atoms with van der Waals surface area (Å²) in [6, 6.07) is 2.51. The minimum absolute atomic E-state index is 0.444. The average Bonchev–Trinajstić information content (AvgIpc) is 2.86. The summed E-state index contributed by atoms with van der Waals surface area (Å²) in [6.45, 7) is 2.10. The smallest absolute Gasteiger partial charge is 0.0753 e. The Hall–Kier alpha value is -1.56. The molecule has 0 saturated carbocycles. The molecule has 0 bridgehead atoms. The molecule has 0 aromatic carbocycles. The van der Waals surface area contributed by atoms with E-state index in [-0.39, 0.29) is 0 Å².